The minimum absolute atomic E-state index is 0.140. The van der Waals surface area contributed by atoms with E-state index >= 15 is 0 Å². The number of carbonyl (C=O) groups is 1. The van der Waals surface area contributed by atoms with Gasteiger partial charge < -0.3 is 14.8 Å². The number of amides is 1. The minimum Gasteiger partial charge on any atom is -0.491 e. The molecule has 0 bridgehead atoms. The third-order valence-corrected chi connectivity index (χ3v) is 3.83. The molecule has 5 nitrogen and oxygen atoms in total. The van der Waals surface area contributed by atoms with Crippen LogP contribution in [0.4, 0.5) is 5.69 Å². The molecule has 1 aliphatic rings. The number of ether oxygens (including phenoxy) is 2. The van der Waals surface area contributed by atoms with Gasteiger partial charge in [-0.15, -0.1) is 0 Å². The second-order valence-electron chi connectivity index (χ2n) is 5.62. The topological polar surface area (TPSA) is 71.4 Å². The van der Waals surface area contributed by atoms with Crippen molar-refractivity contribution in [2.24, 2.45) is 0 Å². The first-order chi connectivity index (χ1) is 11.7. The molecule has 0 saturated carbocycles. The van der Waals surface area contributed by atoms with E-state index < -0.39 is 0 Å². The van der Waals surface area contributed by atoms with Crippen LogP contribution in [0.5, 0.6) is 5.75 Å². The SMILES string of the molecule is N#Cc1ccc(NC(=O)c2cccc(OCC3CCCO3)c2)cc1. The van der Waals surface area contributed by atoms with E-state index in [2.05, 4.69) is 5.32 Å². The number of nitrogens with zero attached hydrogens (tertiary/aromatic N) is 1. The van der Waals surface area contributed by atoms with E-state index in [0.717, 1.165) is 19.4 Å². The number of hydrogen-bond acceptors (Lipinski definition) is 4. The van der Waals surface area contributed by atoms with Crippen molar-refractivity contribution in [3.63, 3.8) is 0 Å². The summed E-state index contributed by atoms with van der Waals surface area (Å²) in [4.78, 5) is 12.3. The van der Waals surface area contributed by atoms with Gasteiger partial charge in [-0.2, -0.15) is 5.26 Å². The first kappa shape index (κ1) is 16.0. The summed E-state index contributed by atoms with van der Waals surface area (Å²) in [5.74, 6) is 0.431. The molecule has 0 aromatic heterocycles. The molecule has 1 unspecified atom stereocenters. The molecule has 1 saturated heterocycles. The van der Waals surface area contributed by atoms with E-state index in [4.69, 9.17) is 14.7 Å². The summed E-state index contributed by atoms with van der Waals surface area (Å²) in [6, 6.07) is 15.8. The van der Waals surface area contributed by atoms with Crippen LogP contribution in [0.15, 0.2) is 48.5 Å². The van der Waals surface area contributed by atoms with Crippen LogP contribution in [-0.2, 0) is 4.74 Å². The Hall–Kier alpha value is -2.84. The summed E-state index contributed by atoms with van der Waals surface area (Å²) < 4.78 is 11.2. The van der Waals surface area contributed by atoms with Crippen molar-refractivity contribution in [2.45, 2.75) is 18.9 Å². The average molecular weight is 322 g/mol. The van der Waals surface area contributed by atoms with Crippen LogP contribution < -0.4 is 10.1 Å². The summed E-state index contributed by atoms with van der Waals surface area (Å²) in [6.07, 6.45) is 2.22. The second kappa shape index (κ2) is 7.62. The summed E-state index contributed by atoms with van der Waals surface area (Å²) in [7, 11) is 0. The molecule has 122 valence electrons. The Labute approximate surface area is 140 Å². The van der Waals surface area contributed by atoms with Gasteiger partial charge in [-0.25, -0.2) is 0 Å². The van der Waals surface area contributed by atoms with Gasteiger partial charge in [0.15, 0.2) is 0 Å². The van der Waals surface area contributed by atoms with Crippen molar-refractivity contribution < 1.29 is 14.3 Å². The van der Waals surface area contributed by atoms with Crippen LogP contribution in [-0.4, -0.2) is 25.2 Å². The monoisotopic (exact) mass is 322 g/mol. The lowest BCUT2D eigenvalue weighted by Crippen LogP contribution is -2.17. The zero-order valence-electron chi connectivity index (χ0n) is 13.2. The smallest absolute Gasteiger partial charge is 0.255 e. The Morgan fingerprint density at radius 1 is 1.29 bits per heavy atom. The van der Waals surface area contributed by atoms with Crippen molar-refractivity contribution in [1.29, 1.82) is 5.26 Å². The quantitative estimate of drug-likeness (QED) is 0.916. The van der Waals surface area contributed by atoms with E-state index in [1.807, 2.05) is 12.1 Å². The maximum absolute atomic E-state index is 12.3. The van der Waals surface area contributed by atoms with Crippen LogP contribution >= 0.6 is 0 Å². The van der Waals surface area contributed by atoms with E-state index in [-0.39, 0.29) is 12.0 Å². The lowest BCUT2D eigenvalue weighted by Gasteiger charge is -2.12. The lowest BCUT2D eigenvalue weighted by atomic mass is 10.2. The number of rotatable bonds is 5. The van der Waals surface area contributed by atoms with Crippen LogP contribution in [0.25, 0.3) is 0 Å². The Bertz CT molecular complexity index is 744. The maximum atomic E-state index is 12.3. The standard InChI is InChI=1S/C19H18N2O3/c20-12-14-6-8-16(9-7-14)21-19(22)15-3-1-4-17(11-15)24-13-18-5-2-10-23-18/h1,3-4,6-9,11,18H,2,5,10,13H2,(H,21,22). The van der Waals surface area contributed by atoms with E-state index in [0.29, 0.717) is 29.2 Å². The first-order valence-corrected chi connectivity index (χ1v) is 7.90. The molecule has 2 aromatic carbocycles. The van der Waals surface area contributed by atoms with Crippen LogP contribution in [0.2, 0.25) is 0 Å². The second-order valence-corrected chi connectivity index (χ2v) is 5.62. The molecule has 1 atom stereocenters. The number of anilines is 1. The minimum atomic E-state index is -0.220. The fraction of sp³-hybridized carbons (Fsp3) is 0.263. The largest absolute Gasteiger partial charge is 0.491 e. The molecule has 2 aromatic rings. The first-order valence-electron chi connectivity index (χ1n) is 7.90. The van der Waals surface area contributed by atoms with Gasteiger partial charge in [-0.3, -0.25) is 4.79 Å². The Morgan fingerprint density at radius 2 is 2.12 bits per heavy atom. The molecule has 1 heterocycles. The zero-order chi connectivity index (χ0) is 16.8. The Kier molecular flexibility index (Phi) is 5.09. The normalized spacial score (nSPS) is 16.4. The van der Waals surface area contributed by atoms with Gasteiger partial charge >= 0.3 is 0 Å². The fourth-order valence-electron chi connectivity index (χ4n) is 2.52. The molecule has 1 aliphatic heterocycles. The number of nitriles is 1. The Morgan fingerprint density at radius 3 is 2.83 bits per heavy atom. The van der Waals surface area contributed by atoms with Crippen molar-refractivity contribution in [3.05, 3.63) is 59.7 Å². The van der Waals surface area contributed by atoms with Crippen LogP contribution in [0, 0.1) is 11.3 Å². The van der Waals surface area contributed by atoms with Crippen molar-refractivity contribution in [1.82, 2.24) is 0 Å². The molecule has 24 heavy (non-hydrogen) atoms. The molecule has 1 amide bonds. The third-order valence-electron chi connectivity index (χ3n) is 3.83. The summed E-state index contributed by atoms with van der Waals surface area (Å²) in [5.41, 5.74) is 1.71. The molecular weight excluding hydrogens is 304 g/mol. The highest BCUT2D eigenvalue weighted by Crippen LogP contribution is 2.18. The summed E-state index contributed by atoms with van der Waals surface area (Å²) >= 11 is 0. The molecule has 0 aliphatic carbocycles. The molecule has 5 heteroatoms. The Balaban J connectivity index is 1.61. The van der Waals surface area contributed by atoms with Crippen LogP contribution in [0.1, 0.15) is 28.8 Å². The van der Waals surface area contributed by atoms with Gasteiger partial charge in [-0.05, 0) is 55.3 Å². The summed E-state index contributed by atoms with van der Waals surface area (Å²) in [5, 5.41) is 11.6. The van der Waals surface area contributed by atoms with Crippen molar-refractivity contribution >= 4 is 11.6 Å². The molecule has 3 rings (SSSR count). The van der Waals surface area contributed by atoms with Gasteiger partial charge in [0.25, 0.3) is 5.91 Å². The molecule has 0 radical (unpaired) electrons. The van der Waals surface area contributed by atoms with E-state index in [9.17, 15) is 4.79 Å². The van der Waals surface area contributed by atoms with Crippen molar-refractivity contribution in [2.75, 3.05) is 18.5 Å². The van der Waals surface area contributed by atoms with Gasteiger partial charge in [0, 0.05) is 17.9 Å². The van der Waals surface area contributed by atoms with E-state index in [1.54, 1.807) is 42.5 Å². The third kappa shape index (κ3) is 4.12. The zero-order valence-corrected chi connectivity index (χ0v) is 13.2. The van der Waals surface area contributed by atoms with Gasteiger partial charge in [-0.1, -0.05) is 6.07 Å². The van der Waals surface area contributed by atoms with Crippen molar-refractivity contribution in [3.8, 4) is 11.8 Å². The number of carbonyl (C=O) groups excluding carboxylic acids is 1. The maximum Gasteiger partial charge on any atom is 0.255 e. The molecule has 1 fully saturated rings. The van der Waals surface area contributed by atoms with Gasteiger partial charge in [0.05, 0.1) is 17.7 Å². The summed E-state index contributed by atoms with van der Waals surface area (Å²) in [6.45, 7) is 1.29. The number of benzene rings is 2. The van der Waals surface area contributed by atoms with Crippen LogP contribution in [0.3, 0.4) is 0 Å². The number of nitrogens with one attached hydrogen (secondary N) is 1. The van der Waals surface area contributed by atoms with Gasteiger partial charge in [0.1, 0.15) is 12.4 Å². The van der Waals surface area contributed by atoms with E-state index in [1.165, 1.54) is 0 Å². The lowest BCUT2D eigenvalue weighted by molar-refractivity contribution is 0.0679. The molecular formula is C19H18N2O3. The molecule has 1 N–H and O–H groups in total. The van der Waals surface area contributed by atoms with Gasteiger partial charge in [0.2, 0.25) is 0 Å². The molecule has 0 spiro atoms. The highest BCUT2D eigenvalue weighted by atomic mass is 16.5. The predicted molar refractivity (Wildman–Crippen MR) is 90.0 cm³/mol. The number of hydrogen-bond donors (Lipinski definition) is 1. The highest BCUT2D eigenvalue weighted by Gasteiger charge is 2.16. The predicted octanol–water partition coefficient (Wildman–Crippen LogP) is 3.37. The highest BCUT2D eigenvalue weighted by molar-refractivity contribution is 6.04. The average Bonchev–Trinajstić information content (AvgIpc) is 3.14. The fourth-order valence-corrected chi connectivity index (χ4v) is 2.52.